The number of pyridine rings is 1. The molecule has 1 N–H and O–H groups in total. The Morgan fingerprint density at radius 2 is 2.05 bits per heavy atom. The van der Waals surface area contributed by atoms with Gasteiger partial charge in [-0.1, -0.05) is 12.1 Å². The normalized spacial score (nSPS) is 14.2. The monoisotopic (exact) mass is 284 g/mol. The molecule has 2 heterocycles. The van der Waals surface area contributed by atoms with Crippen molar-refractivity contribution in [2.45, 2.75) is 45.7 Å². The van der Waals surface area contributed by atoms with E-state index >= 15 is 0 Å². The van der Waals surface area contributed by atoms with Gasteiger partial charge in [0, 0.05) is 23.7 Å². The molecule has 0 fully saturated rings. The molecule has 0 atom stereocenters. The minimum absolute atomic E-state index is 0.174. The maximum Gasteiger partial charge on any atom is 0.257 e. The van der Waals surface area contributed by atoms with Crippen LogP contribution in [0.1, 0.15) is 43.1 Å². The van der Waals surface area contributed by atoms with Crippen LogP contribution in [-0.4, -0.2) is 16.0 Å². The van der Waals surface area contributed by atoms with E-state index in [2.05, 4.69) is 11.4 Å². The van der Waals surface area contributed by atoms with Crippen LogP contribution in [0.4, 0.5) is 0 Å². The van der Waals surface area contributed by atoms with Gasteiger partial charge in [-0.15, -0.1) is 0 Å². The third-order valence-corrected chi connectivity index (χ3v) is 3.76. The van der Waals surface area contributed by atoms with Crippen LogP contribution in [0, 0.1) is 0 Å². The summed E-state index contributed by atoms with van der Waals surface area (Å²) >= 11 is 0. The second-order valence-corrected chi connectivity index (χ2v) is 6.69. The van der Waals surface area contributed by atoms with E-state index < -0.39 is 0 Å². The first kappa shape index (κ1) is 13.9. The molecule has 0 unspecified atom stereocenters. The first-order valence-electron chi connectivity index (χ1n) is 7.34. The van der Waals surface area contributed by atoms with Gasteiger partial charge in [0.15, 0.2) is 0 Å². The standard InChI is InChI=1S/C17H20N2O2/c1-17(2,3)18-16(21)13-10-19-9-5-7-11-6-4-8-12(14(11)19)15(13)20/h4,6,8,10H,5,7,9H2,1-3H3,(H,18,21). The highest BCUT2D eigenvalue weighted by atomic mass is 16.2. The van der Waals surface area contributed by atoms with Crippen molar-refractivity contribution in [2.24, 2.45) is 0 Å². The van der Waals surface area contributed by atoms with E-state index in [9.17, 15) is 9.59 Å². The number of carbonyl (C=O) groups excluding carboxylic acids is 1. The van der Waals surface area contributed by atoms with Crippen molar-refractivity contribution in [2.75, 3.05) is 0 Å². The fourth-order valence-electron chi connectivity index (χ4n) is 2.93. The zero-order chi connectivity index (χ0) is 15.2. The number of aromatic nitrogens is 1. The molecule has 0 bridgehead atoms. The van der Waals surface area contributed by atoms with E-state index in [0.717, 1.165) is 24.9 Å². The molecule has 110 valence electrons. The molecular weight excluding hydrogens is 264 g/mol. The second-order valence-electron chi connectivity index (χ2n) is 6.69. The Morgan fingerprint density at radius 3 is 2.76 bits per heavy atom. The Morgan fingerprint density at radius 1 is 1.29 bits per heavy atom. The van der Waals surface area contributed by atoms with Crippen LogP contribution in [0.25, 0.3) is 10.9 Å². The van der Waals surface area contributed by atoms with Crippen LogP contribution in [0.5, 0.6) is 0 Å². The van der Waals surface area contributed by atoms with Crippen LogP contribution >= 0.6 is 0 Å². The topological polar surface area (TPSA) is 51.1 Å². The minimum atomic E-state index is -0.359. The van der Waals surface area contributed by atoms with Gasteiger partial charge >= 0.3 is 0 Å². The second kappa shape index (κ2) is 4.72. The van der Waals surface area contributed by atoms with Gasteiger partial charge < -0.3 is 9.88 Å². The van der Waals surface area contributed by atoms with E-state index in [0.29, 0.717) is 5.39 Å². The van der Waals surface area contributed by atoms with Gasteiger partial charge in [0.05, 0.1) is 5.52 Å². The quantitative estimate of drug-likeness (QED) is 0.874. The SMILES string of the molecule is CC(C)(C)NC(=O)c1cn2c3c(cccc3c1=O)CCC2. The molecule has 0 saturated heterocycles. The number of nitrogens with zero attached hydrogens (tertiary/aromatic N) is 1. The number of benzene rings is 1. The number of para-hydroxylation sites is 1. The zero-order valence-electron chi connectivity index (χ0n) is 12.7. The average molecular weight is 284 g/mol. The van der Waals surface area contributed by atoms with E-state index in [-0.39, 0.29) is 22.4 Å². The summed E-state index contributed by atoms with van der Waals surface area (Å²) in [5.74, 6) is -0.297. The van der Waals surface area contributed by atoms with Gasteiger partial charge in [0.1, 0.15) is 5.56 Å². The summed E-state index contributed by atoms with van der Waals surface area (Å²) < 4.78 is 2.05. The molecule has 0 radical (unpaired) electrons. The van der Waals surface area contributed by atoms with Gasteiger partial charge in [-0.05, 0) is 45.2 Å². The Balaban J connectivity index is 2.21. The van der Waals surface area contributed by atoms with Crippen molar-refractivity contribution in [1.82, 2.24) is 9.88 Å². The molecule has 2 aromatic rings. The third kappa shape index (κ3) is 2.46. The van der Waals surface area contributed by atoms with E-state index in [1.165, 1.54) is 5.56 Å². The highest BCUT2D eigenvalue weighted by molar-refractivity contribution is 5.98. The van der Waals surface area contributed by atoms with Crippen molar-refractivity contribution in [3.8, 4) is 0 Å². The number of rotatable bonds is 1. The number of hydrogen-bond donors (Lipinski definition) is 1. The summed E-state index contributed by atoms with van der Waals surface area (Å²) in [6.45, 7) is 6.58. The van der Waals surface area contributed by atoms with Gasteiger partial charge in [0.2, 0.25) is 5.43 Å². The lowest BCUT2D eigenvalue weighted by Crippen LogP contribution is -2.42. The average Bonchev–Trinajstić information content (AvgIpc) is 2.40. The number of nitrogens with one attached hydrogen (secondary N) is 1. The third-order valence-electron chi connectivity index (χ3n) is 3.76. The van der Waals surface area contributed by atoms with Crippen LogP contribution in [0.2, 0.25) is 0 Å². The van der Waals surface area contributed by atoms with Crippen LogP contribution < -0.4 is 10.7 Å². The Bertz CT molecular complexity index is 782. The highest BCUT2D eigenvalue weighted by Crippen LogP contribution is 2.23. The van der Waals surface area contributed by atoms with Crippen molar-refractivity contribution >= 4 is 16.8 Å². The lowest BCUT2D eigenvalue weighted by Gasteiger charge is -2.23. The summed E-state index contributed by atoms with van der Waals surface area (Å²) in [4.78, 5) is 25.0. The molecule has 3 rings (SSSR count). The molecular formula is C17H20N2O2. The number of hydrogen-bond acceptors (Lipinski definition) is 2. The van der Waals surface area contributed by atoms with E-state index in [1.54, 1.807) is 6.20 Å². The summed E-state index contributed by atoms with van der Waals surface area (Å²) in [6.07, 6.45) is 3.74. The van der Waals surface area contributed by atoms with Crippen molar-refractivity contribution < 1.29 is 4.79 Å². The largest absolute Gasteiger partial charge is 0.347 e. The Kier molecular flexibility index (Phi) is 3.12. The smallest absolute Gasteiger partial charge is 0.257 e. The summed E-state index contributed by atoms with van der Waals surface area (Å²) in [5.41, 5.74) is 1.88. The van der Waals surface area contributed by atoms with E-state index in [1.807, 2.05) is 37.5 Å². The number of carbonyl (C=O) groups is 1. The van der Waals surface area contributed by atoms with Gasteiger partial charge in [-0.2, -0.15) is 0 Å². The molecule has 4 nitrogen and oxygen atoms in total. The van der Waals surface area contributed by atoms with Crippen molar-refractivity contribution in [3.05, 3.63) is 45.7 Å². The minimum Gasteiger partial charge on any atom is -0.347 e. The molecule has 0 saturated carbocycles. The molecule has 1 aliphatic heterocycles. The lowest BCUT2D eigenvalue weighted by atomic mass is 9.99. The molecule has 1 aromatic heterocycles. The lowest BCUT2D eigenvalue weighted by molar-refractivity contribution is 0.0918. The molecule has 1 aromatic carbocycles. The summed E-state index contributed by atoms with van der Waals surface area (Å²) in [6, 6.07) is 5.78. The zero-order valence-corrected chi connectivity index (χ0v) is 12.7. The van der Waals surface area contributed by atoms with Crippen molar-refractivity contribution in [3.63, 3.8) is 0 Å². The molecule has 21 heavy (non-hydrogen) atoms. The van der Waals surface area contributed by atoms with Crippen LogP contribution in [0.15, 0.2) is 29.2 Å². The number of amides is 1. The summed E-state index contributed by atoms with van der Waals surface area (Å²) in [5, 5.41) is 3.52. The van der Waals surface area contributed by atoms with Gasteiger partial charge in [0.25, 0.3) is 5.91 Å². The van der Waals surface area contributed by atoms with Gasteiger partial charge in [-0.3, -0.25) is 9.59 Å². The van der Waals surface area contributed by atoms with Crippen LogP contribution in [-0.2, 0) is 13.0 Å². The maximum absolute atomic E-state index is 12.6. The molecule has 4 heteroatoms. The highest BCUT2D eigenvalue weighted by Gasteiger charge is 2.22. The molecule has 1 amide bonds. The first-order chi connectivity index (χ1) is 9.87. The molecule has 1 aliphatic rings. The van der Waals surface area contributed by atoms with Gasteiger partial charge in [-0.25, -0.2) is 0 Å². The first-order valence-corrected chi connectivity index (χ1v) is 7.34. The Hall–Kier alpha value is -2.10. The molecule has 0 aliphatic carbocycles. The van der Waals surface area contributed by atoms with Crippen molar-refractivity contribution in [1.29, 1.82) is 0 Å². The van der Waals surface area contributed by atoms with Crippen LogP contribution in [0.3, 0.4) is 0 Å². The fraction of sp³-hybridized carbons (Fsp3) is 0.412. The van der Waals surface area contributed by atoms with E-state index in [4.69, 9.17) is 0 Å². The Labute approximate surface area is 123 Å². The maximum atomic E-state index is 12.6. The predicted octanol–water partition coefficient (Wildman–Crippen LogP) is 2.48. The predicted molar refractivity (Wildman–Crippen MR) is 83.7 cm³/mol. The number of aryl methyl sites for hydroxylation is 2. The molecule has 0 spiro atoms. The fourth-order valence-corrected chi connectivity index (χ4v) is 2.93. The summed E-state index contributed by atoms with van der Waals surface area (Å²) in [7, 11) is 0.